The van der Waals surface area contributed by atoms with Crippen molar-refractivity contribution < 1.29 is 4.79 Å². The van der Waals surface area contributed by atoms with E-state index in [2.05, 4.69) is 17.6 Å². The molecule has 0 radical (unpaired) electrons. The van der Waals surface area contributed by atoms with Crippen molar-refractivity contribution in [1.29, 1.82) is 0 Å². The summed E-state index contributed by atoms with van der Waals surface area (Å²) in [6, 6.07) is 5.87. The minimum absolute atomic E-state index is 0.0810. The Morgan fingerprint density at radius 1 is 1.25 bits per heavy atom. The van der Waals surface area contributed by atoms with Crippen molar-refractivity contribution in [2.24, 2.45) is 5.92 Å². The molecule has 4 N–H and O–H groups in total. The molecule has 2 atom stereocenters. The molecule has 1 aromatic carbocycles. The monoisotopic (exact) mass is 275 g/mol. The zero-order chi connectivity index (χ0) is 14.5. The summed E-state index contributed by atoms with van der Waals surface area (Å²) in [5.41, 5.74) is 8.25. The summed E-state index contributed by atoms with van der Waals surface area (Å²) in [6.07, 6.45) is 6.17. The van der Waals surface area contributed by atoms with E-state index in [0.717, 1.165) is 11.6 Å². The number of rotatable bonds is 3. The normalized spacial score (nSPS) is 22.9. The number of carbonyl (C=O) groups is 1. The molecule has 1 amide bonds. The van der Waals surface area contributed by atoms with Gasteiger partial charge in [-0.3, -0.25) is 4.79 Å². The average molecular weight is 275 g/mol. The third-order valence-electron chi connectivity index (χ3n) is 4.16. The molecule has 1 aromatic rings. The SMILES string of the molecule is CNC(=O)c1ccc(N)c(NC2CCCC(C)CC2)c1. The smallest absolute Gasteiger partial charge is 0.251 e. The molecule has 2 unspecified atom stereocenters. The summed E-state index contributed by atoms with van der Waals surface area (Å²) in [6.45, 7) is 2.32. The summed E-state index contributed by atoms with van der Waals surface area (Å²) >= 11 is 0. The van der Waals surface area contributed by atoms with Gasteiger partial charge in [-0.05, 0) is 43.4 Å². The summed E-state index contributed by atoms with van der Waals surface area (Å²) in [5.74, 6) is 0.735. The number of nitrogens with one attached hydrogen (secondary N) is 2. The second-order valence-electron chi connectivity index (χ2n) is 5.84. The molecule has 2 rings (SSSR count). The molecule has 0 saturated heterocycles. The first-order chi connectivity index (χ1) is 9.60. The van der Waals surface area contributed by atoms with Gasteiger partial charge in [-0.25, -0.2) is 0 Å². The Morgan fingerprint density at radius 2 is 2.05 bits per heavy atom. The number of hydrogen-bond acceptors (Lipinski definition) is 3. The lowest BCUT2D eigenvalue weighted by atomic mass is 10.0. The average Bonchev–Trinajstić information content (AvgIpc) is 2.65. The first-order valence-corrected chi connectivity index (χ1v) is 7.48. The van der Waals surface area contributed by atoms with Gasteiger partial charge >= 0.3 is 0 Å². The number of benzene rings is 1. The zero-order valence-corrected chi connectivity index (χ0v) is 12.4. The first-order valence-electron chi connectivity index (χ1n) is 7.48. The molecule has 0 aromatic heterocycles. The van der Waals surface area contributed by atoms with Crippen molar-refractivity contribution in [2.45, 2.75) is 45.1 Å². The van der Waals surface area contributed by atoms with Crippen molar-refractivity contribution in [3.05, 3.63) is 23.8 Å². The number of nitrogen functional groups attached to an aromatic ring is 1. The summed E-state index contributed by atoms with van der Waals surface area (Å²) in [7, 11) is 1.64. The molecule has 1 aliphatic carbocycles. The lowest BCUT2D eigenvalue weighted by molar-refractivity contribution is 0.0963. The number of nitrogens with two attached hydrogens (primary N) is 1. The van der Waals surface area contributed by atoms with Crippen LogP contribution in [0.5, 0.6) is 0 Å². The molecule has 0 bridgehead atoms. The minimum atomic E-state index is -0.0810. The van der Waals surface area contributed by atoms with Crippen LogP contribution in [0, 0.1) is 5.92 Å². The Bertz CT molecular complexity index is 473. The molecule has 4 heteroatoms. The standard InChI is InChI=1S/C16H25N3O/c1-11-4-3-5-13(8-6-11)19-15-10-12(16(20)18-2)7-9-14(15)17/h7,9-11,13,19H,3-6,8,17H2,1-2H3,(H,18,20). The topological polar surface area (TPSA) is 67.2 Å². The second-order valence-corrected chi connectivity index (χ2v) is 5.84. The summed E-state index contributed by atoms with van der Waals surface area (Å²) in [5, 5.41) is 6.16. The van der Waals surface area contributed by atoms with Gasteiger partial charge in [0.15, 0.2) is 0 Å². The van der Waals surface area contributed by atoms with Gasteiger partial charge in [-0.15, -0.1) is 0 Å². The fourth-order valence-corrected chi connectivity index (χ4v) is 2.82. The van der Waals surface area contributed by atoms with Crippen molar-refractivity contribution in [2.75, 3.05) is 18.1 Å². The highest BCUT2D eigenvalue weighted by atomic mass is 16.1. The van der Waals surface area contributed by atoms with E-state index in [1.54, 1.807) is 19.2 Å². The van der Waals surface area contributed by atoms with E-state index in [4.69, 9.17) is 5.73 Å². The molecule has 20 heavy (non-hydrogen) atoms. The summed E-state index contributed by atoms with van der Waals surface area (Å²) < 4.78 is 0. The predicted molar refractivity (Wildman–Crippen MR) is 83.9 cm³/mol. The number of anilines is 2. The van der Waals surface area contributed by atoms with Gasteiger partial charge in [0.25, 0.3) is 5.91 Å². The van der Waals surface area contributed by atoms with Crippen LogP contribution in [0.4, 0.5) is 11.4 Å². The van der Waals surface area contributed by atoms with Crippen molar-refractivity contribution in [1.82, 2.24) is 5.32 Å². The van der Waals surface area contributed by atoms with Crippen LogP contribution in [0.15, 0.2) is 18.2 Å². The Hall–Kier alpha value is -1.71. The fourth-order valence-electron chi connectivity index (χ4n) is 2.82. The Morgan fingerprint density at radius 3 is 2.80 bits per heavy atom. The van der Waals surface area contributed by atoms with Gasteiger partial charge in [-0.2, -0.15) is 0 Å². The first kappa shape index (κ1) is 14.7. The van der Waals surface area contributed by atoms with Crippen molar-refractivity contribution in [3.63, 3.8) is 0 Å². The van der Waals surface area contributed by atoms with Gasteiger partial charge in [0.2, 0.25) is 0 Å². The molecule has 1 fully saturated rings. The maximum atomic E-state index is 11.7. The Balaban J connectivity index is 2.09. The third kappa shape index (κ3) is 3.65. The van der Waals surface area contributed by atoms with Gasteiger partial charge < -0.3 is 16.4 Å². The molecule has 110 valence electrons. The van der Waals surface area contributed by atoms with Crippen LogP contribution in [0.2, 0.25) is 0 Å². The van der Waals surface area contributed by atoms with Gasteiger partial charge in [0.1, 0.15) is 0 Å². The van der Waals surface area contributed by atoms with Crippen LogP contribution in [-0.2, 0) is 0 Å². The van der Waals surface area contributed by atoms with Crippen LogP contribution in [0.25, 0.3) is 0 Å². The molecule has 1 aliphatic rings. The quantitative estimate of drug-likeness (QED) is 0.587. The predicted octanol–water partition coefficient (Wildman–Crippen LogP) is 3.01. The van der Waals surface area contributed by atoms with E-state index in [1.165, 1.54) is 32.1 Å². The van der Waals surface area contributed by atoms with Crippen molar-refractivity contribution >= 4 is 17.3 Å². The van der Waals surface area contributed by atoms with E-state index in [0.29, 0.717) is 17.3 Å². The lowest BCUT2D eigenvalue weighted by Crippen LogP contribution is -2.21. The van der Waals surface area contributed by atoms with E-state index < -0.39 is 0 Å². The van der Waals surface area contributed by atoms with E-state index in [1.807, 2.05) is 6.07 Å². The van der Waals surface area contributed by atoms with Crippen LogP contribution in [-0.4, -0.2) is 19.0 Å². The largest absolute Gasteiger partial charge is 0.397 e. The number of carbonyl (C=O) groups excluding carboxylic acids is 1. The van der Waals surface area contributed by atoms with Gasteiger partial charge in [-0.1, -0.05) is 19.8 Å². The van der Waals surface area contributed by atoms with Crippen molar-refractivity contribution in [3.8, 4) is 0 Å². The van der Waals surface area contributed by atoms with E-state index in [9.17, 15) is 4.79 Å². The lowest BCUT2D eigenvalue weighted by Gasteiger charge is -2.19. The molecule has 0 aliphatic heterocycles. The molecule has 0 spiro atoms. The highest BCUT2D eigenvalue weighted by Crippen LogP contribution is 2.27. The zero-order valence-electron chi connectivity index (χ0n) is 12.4. The number of amides is 1. The minimum Gasteiger partial charge on any atom is -0.397 e. The highest BCUT2D eigenvalue weighted by molar-refractivity contribution is 5.96. The van der Waals surface area contributed by atoms with Gasteiger partial charge in [0.05, 0.1) is 11.4 Å². The maximum absolute atomic E-state index is 11.7. The second kappa shape index (κ2) is 6.64. The van der Waals surface area contributed by atoms with E-state index in [-0.39, 0.29) is 5.91 Å². The molecular weight excluding hydrogens is 250 g/mol. The van der Waals surface area contributed by atoms with Gasteiger partial charge in [0, 0.05) is 18.7 Å². The summed E-state index contributed by atoms with van der Waals surface area (Å²) in [4.78, 5) is 11.7. The Kier molecular flexibility index (Phi) is 4.88. The molecule has 1 saturated carbocycles. The maximum Gasteiger partial charge on any atom is 0.251 e. The van der Waals surface area contributed by atoms with Crippen LogP contribution >= 0.6 is 0 Å². The molecule has 0 heterocycles. The molecular formula is C16H25N3O. The van der Waals surface area contributed by atoms with Crippen LogP contribution in [0.1, 0.15) is 49.4 Å². The van der Waals surface area contributed by atoms with Crippen LogP contribution < -0.4 is 16.4 Å². The number of hydrogen-bond donors (Lipinski definition) is 3. The van der Waals surface area contributed by atoms with E-state index >= 15 is 0 Å². The highest BCUT2D eigenvalue weighted by Gasteiger charge is 2.17. The van der Waals surface area contributed by atoms with Crippen LogP contribution in [0.3, 0.4) is 0 Å². The fraction of sp³-hybridized carbons (Fsp3) is 0.562. The molecule has 4 nitrogen and oxygen atoms in total. The Labute approximate surface area is 121 Å². The third-order valence-corrected chi connectivity index (χ3v) is 4.16.